The maximum Gasteiger partial charge on any atom is -0.0381 e. The van der Waals surface area contributed by atoms with Gasteiger partial charge in [-0.05, 0) is 12.6 Å². The van der Waals surface area contributed by atoms with E-state index in [1.54, 1.807) is 0 Å². The second-order valence-electron chi connectivity index (χ2n) is 2.91. The molecule has 0 rings (SSSR count). The molecule has 0 fully saturated rings. The van der Waals surface area contributed by atoms with Crippen LogP contribution in [0.1, 0.15) is 51.9 Å². The minimum absolute atomic E-state index is 0. The van der Waals surface area contributed by atoms with E-state index in [1.807, 2.05) is 0 Å². The minimum Gasteiger partial charge on any atom is -0.197 e. The van der Waals surface area contributed by atoms with Gasteiger partial charge in [0.05, 0.1) is 0 Å². The Kier molecular flexibility index (Phi) is 86.3. The second-order valence-corrected chi connectivity index (χ2v) is 3.49. The summed E-state index contributed by atoms with van der Waals surface area (Å²) >= 11 is 0. The van der Waals surface area contributed by atoms with Gasteiger partial charge in [-0.25, -0.2) is 0 Å². The van der Waals surface area contributed by atoms with Crippen molar-refractivity contribution in [3.05, 3.63) is 0 Å². The first kappa shape index (κ1) is 36.0. The molecule has 0 aromatic heterocycles. The Labute approximate surface area is 134 Å². The molecule has 0 aliphatic heterocycles. The van der Waals surface area contributed by atoms with Crippen LogP contribution in [0.5, 0.6) is 0 Å². The Bertz CT molecular complexity index is 58.5. The fourth-order valence-corrected chi connectivity index (χ4v) is 1.39. The zero-order valence-electron chi connectivity index (χ0n) is 9.73. The van der Waals surface area contributed by atoms with Gasteiger partial charge in [-0.3, -0.25) is 0 Å². The van der Waals surface area contributed by atoms with Gasteiger partial charge in [0, 0.05) is 0 Å². The molecule has 0 N–H and O–H groups in total. The van der Waals surface area contributed by atoms with E-state index in [-0.39, 0.29) is 67.5 Å². The van der Waals surface area contributed by atoms with Crippen LogP contribution in [0, 0.1) is 0 Å². The third kappa shape index (κ3) is 38.6. The van der Waals surface area contributed by atoms with Crippen molar-refractivity contribution < 1.29 is 0 Å². The first-order valence-electron chi connectivity index (χ1n) is 4.62. The summed E-state index contributed by atoms with van der Waals surface area (Å²) in [7, 11) is 2.79. The molecule has 102 valence electrons. The van der Waals surface area contributed by atoms with E-state index in [1.165, 1.54) is 51.1 Å². The number of unbranched alkanes of at least 4 members (excludes halogenated alkanes) is 6. The van der Waals surface area contributed by atoms with Gasteiger partial charge in [-0.1, -0.05) is 45.4 Å². The Morgan fingerprint density at radius 1 is 0.600 bits per heavy atom. The Balaban J connectivity index is -0.0000000405. The van der Waals surface area contributed by atoms with E-state index in [4.69, 9.17) is 0 Å². The number of hydrogen-bond acceptors (Lipinski definition) is 0. The van der Waals surface area contributed by atoms with Crippen molar-refractivity contribution in [2.24, 2.45) is 0 Å². The predicted octanol–water partition coefficient (Wildman–Crippen LogP) is 4.18. The Morgan fingerprint density at radius 3 is 1.27 bits per heavy atom. The first-order chi connectivity index (χ1) is 4.91. The van der Waals surface area contributed by atoms with Crippen molar-refractivity contribution in [1.82, 2.24) is 0 Å². The largest absolute Gasteiger partial charge is 0.197 e. The van der Waals surface area contributed by atoms with E-state index in [2.05, 4.69) is 16.2 Å². The average molecular weight is 331 g/mol. The fraction of sp³-hybridized carbons (Fsp3) is 1.00. The van der Waals surface area contributed by atoms with Gasteiger partial charge in [-0.15, -0.1) is 9.24 Å². The quantitative estimate of drug-likeness (QED) is 0.485. The van der Waals surface area contributed by atoms with Crippen molar-refractivity contribution in [3.63, 3.8) is 0 Å². The van der Waals surface area contributed by atoms with Gasteiger partial charge in [-0.2, -0.15) is 67.5 Å². The van der Waals surface area contributed by atoms with Crippen LogP contribution in [0.4, 0.5) is 0 Å². The summed E-state index contributed by atoms with van der Waals surface area (Å²) < 4.78 is 0. The van der Waals surface area contributed by atoms with E-state index in [0.29, 0.717) is 0 Å². The molecule has 0 aromatic rings. The highest BCUT2D eigenvalue weighted by Gasteiger charge is 1.87. The lowest BCUT2D eigenvalue weighted by molar-refractivity contribution is 0.603. The van der Waals surface area contributed by atoms with Crippen LogP contribution in [0.15, 0.2) is 0 Å². The molecule has 0 aliphatic rings. The standard InChI is InChI=1S/C9H21P.5H2S/c1-2-3-4-5-6-7-8-9-10;;;;;/h2-10H2,1H3;5*1H2. The molecule has 0 nitrogen and oxygen atoms in total. The minimum atomic E-state index is 0. The summed E-state index contributed by atoms with van der Waals surface area (Å²) in [4.78, 5) is 0. The smallest absolute Gasteiger partial charge is 0.0381 e. The highest BCUT2D eigenvalue weighted by molar-refractivity contribution is 7.60. The first-order valence-corrected chi connectivity index (χ1v) is 5.43. The van der Waals surface area contributed by atoms with Crippen LogP contribution in [-0.2, 0) is 0 Å². The van der Waals surface area contributed by atoms with Crippen LogP contribution in [0.2, 0.25) is 0 Å². The SMILES string of the molecule is CCCCCCCCCP.S.S.S.S.S. The topological polar surface area (TPSA) is 0 Å². The third-order valence-corrected chi connectivity index (χ3v) is 2.22. The highest BCUT2D eigenvalue weighted by atomic mass is 32.1. The van der Waals surface area contributed by atoms with Gasteiger partial charge in [0.15, 0.2) is 0 Å². The van der Waals surface area contributed by atoms with Crippen LogP contribution >= 0.6 is 76.7 Å². The zero-order valence-corrected chi connectivity index (χ0v) is 15.9. The van der Waals surface area contributed by atoms with Gasteiger partial charge in [0.1, 0.15) is 0 Å². The van der Waals surface area contributed by atoms with Gasteiger partial charge < -0.3 is 0 Å². The van der Waals surface area contributed by atoms with Gasteiger partial charge >= 0.3 is 0 Å². The molecule has 0 saturated carbocycles. The van der Waals surface area contributed by atoms with Crippen LogP contribution in [0.3, 0.4) is 0 Å². The number of rotatable bonds is 7. The lowest BCUT2D eigenvalue weighted by atomic mass is 10.1. The highest BCUT2D eigenvalue weighted by Crippen LogP contribution is 2.07. The van der Waals surface area contributed by atoms with Crippen molar-refractivity contribution >= 4 is 76.7 Å². The molecule has 1 atom stereocenters. The average Bonchev–Trinajstić information content (AvgIpc) is 1.97. The van der Waals surface area contributed by atoms with Gasteiger partial charge in [0.2, 0.25) is 0 Å². The number of hydrogen-bond donors (Lipinski definition) is 0. The zero-order chi connectivity index (χ0) is 7.66. The molecular formula is C9H31PS5. The summed E-state index contributed by atoms with van der Waals surface area (Å²) in [5.74, 6) is 0. The summed E-state index contributed by atoms with van der Waals surface area (Å²) in [6.07, 6.45) is 11.3. The fourth-order valence-electron chi connectivity index (χ4n) is 1.10. The molecule has 6 heteroatoms. The molecule has 0 spiro atoms. The van der Waals surface area contributed by atoms with Crippen LogP contribution in [-0.4, -0.2) is 6.16 Å². The molecule has 0 aliphatic carbocycles. The van der Waals surface area contributed by atoms with Crippen molar-refractivity contribution in [1.29, 1.82) is 0 Å². The molecule has 0 radical (unpaired) electrons. The third-order valence-electron chi connectivity index (χ3n) is 1.81. The van der Waals surface area contributed by atoms with Crippen LogP contribution in [0.25, 0.3) is 0 Å². The maximum atomic E-state index is 2.79. The summed E-state index contributed by atoms with van der Waals surface area (Å²) in [6.45, 7) is 2.27. The monoisotopic (exact) mass is 330 g/mol. The summed E-state index contributed by atoms with van der Waals surface area (Å²) in [5.41, 5.74) is 0. The Morgan fingerprint density at radius 2 is 0.933 bits per heavy atom. The molecule has 0 heterocycles. The Hall–Kier alpha value is 2.18. The summed E-state index contributed by atoms with van der Waals surface area (Å²) in [5, 5.41) is 0. The van der Waals surface area contributed by atoms with E-state index < -0.39 is 0 Å². The van der Waals surface area contributed by atoms with Crippen LogP contribution < -0.4 is 0 Å². The molecule has 15 heavy (non-hydrogen) atoms. The van der Waals surface area contributed by atoms with Gasteiger partial charge in [0.25, 0.3) is 0 Å². The molecule has 0 aromatic carbocycles. The predicted molar refractivity (Wildman–Crippen MR) is 104 cm³/mol. The molecule has 1 unspecified atom stereocenters. The van der Waals surface area contributed by atoms with Crippen molar-refractivity contribution in [3.8, 4) is 0 Å². The van der Waals surface area contributed by atoms with Crippen molar-refractivity contribution in [2.45, 2.75) is 51.9 Å². The molecule has 0 amide bonds. The lowest BCUT2D eigenvalue weighted by Crippen LogP contribution is -1.79. The molecular weight excluding hydrogens is 299 g/mol. The molecule has 0 bridgehead atoms. The lowest BCUT2D eigenvalue weighted by Gasteiger charge is -1.97. The van der Waals surface area contributed by atoms with Crippen molar-refractivity contribution in [2.75, 3.05) is 6.16 Å². The normalized spacial score (nSPS) is 6.80. The molecule has 0 saturated heterocycles. The van der Waals surface area contributed by atoms with E-state index in [9.17, 15) is 0 Å². The maximum absolute atomic E-state index is 2.79. The summed E-state index contributed by atoms with van der Waals surface area (Å²) in [6, 6.07) is 0. The second kappa shape index (κ2) is 36.0. The van der Waals surface area contributed by atoms with E-state index in [0.717, 1.165) is 0 Å². The van der Waals surface area contributed by atoms with E-state index >= 15 is 0 Å².